The number of rotatable bonds is 7. The molecule has 3 nitrogen and oxygen atoms in total. The van der Waals surface area contributed by atoms with Crippen molar-refractivity contribution >= 4 is 9.47 Å². The van der Waals surface area contributed by atoms with Crippen LogP contribution in [0.2, 0.25) is 0 Å². The Bertz CT molecular complexity index is 333. The van der Waals surface area contributed by atoms with Crippen molar-refractivity contribution in [2.45, 2.75) is 32.3 Å². The summed E-state index contributed by atoms with van der Waals surface area (Å²) >= 11 is 0. The Morgan fingerprint density at radius 1 is 1.35 bits per heavy atom. The van der Waals surface area contributed by atoms with Crippen LogP contribution in [-0.4, -0.2) is 11.7 Å². The molecular weight excluding hydrogens is 233 g/mol. The zero-order chi connectivity index (χ0) is 12.7. The predicted octanol–water partition coefficient (Wildman–Crippen LogP) is 2.65. The lowest BCUT2D eigenvalue weighted by Gasteiger charge is -2.21. The van der Waals surface area contributed by atoms with Crippen LogP contribution in [0.4, 0.5) is 0 Å². The smallest absolute Gasteiger partial charge is 0.128 e. The molecular formula is C13H22NO2P. The molecule has 0 amide bonds. The molecule has 3 atom stereocenters. The molecule has 2 unspecified atom stereocenters. The first-order valence-electron chi connectivity index (χ1n) is 6.04. The van der Waals surface area contributed by atoms with Crippen LogP contribution in [0.5, 0.6) is 5.75 Å². The lowest BCUT2D eigenvalue weighted by molar-refractivity contribution is 0.110. The minimum absolute atomic E-state index is 0.211. The summed E-state index contributed by atoms with van der Waals surface area (Å²) in [5.41, 5.74) is 6.31. The number of unbranched alkanes of at least 4 members (excludes halogenated alkanes) is 1. The van der Waals surface area contributed by atoms with Crippen LogP contribution in [-0.2, 0) is 0 Å². The number of aliphatic hydroxyl groups is 1. The van der Waals surface area contributed by atoms with Gasteiger partial charge in [0.25, 0.3) is 0 Å². The number of benzene rings is 1. The van der Waals surface area contributed by atoms with Crippen molar-refractivity contribution in [3.63, 3.8) is 0 Å². The van der Waals surface area contributed by atoms with Gasteiger partial charge in [-0.15, -0.1) is 0 Å². The molecule has 0 radical (unpaired) electrons. The molecule has 4 heteroatoms. The maximum atomic E-state index is 10.3. The molecule has 0 aromatic heterocycles. The lowest BCUT2D eigenvalue weighted by atomic mass is 9.92. The maximum Gasteiger partial charge on any atom is 0.128 e. The molecule has 1 aromatic carbocycles. The normalized spacial score (nSPS) is 14.4. The standard InChI is InChI=1S/C13H22NO2P/c1-10(6-4-5-9-14)13(15)11-7-2-3-8-12(11)16-17/h2-3,7-8,10,13,15H,4-6,9,14,17H2,1H3/t10-,13?/m0/s1. The van der Waals surface area contributed by atoms with Crippen LogP contribution >= 0.6 is 9.47 Å². The van der Waals surface area contributed by atoms with E-state index in [-0.39, 0.29) is 5.92 Å². The van der Waals surface area contributed by atoms with Crippen LogP contribution in [0.1, 0.15) is 37.9 Å². The van der Waals surface area contributed by atoms with Gasteiger partial charge in [-0.3, -0.25) is 0 Å². The van der Waals surface area contributed by atoms with E-state index < -0.39 is 6.10 Å². The molecule has 1 rings (SSSR count). The molecule has 0 spiro atoms. The van der Waals surface area contributed by atoms with Crippen LogP contribution in [0.25, 0.3) is 0 Å². The molecule has 0 bridgehead atoms. The second-order valence-corrected chi connectivity index (χ2v) is 4.60. The first kappa shape index (κ1) is 14.4. The summed E-state index contributed by atoms with van der Waals surface area (Å²) in [5, 5.41) is 10.3. The summed E-state index contributed by atoms with van der Waals surface area (Å²) in [5.74, 6) is 0.929. The Balaban J connectivity index is 2.64. The Morgan fingerprint density at radius 2 is 2.06 bits per heavy atom. The Labute approximate surface area is 106 Å². The Kier molecular flexibility index (Phi) is 6.49. The van der Waals surface area contributed by atoms with Crippen molar-refractivity contribution in [1.29, 1.82) is 0 Å². The van der Waals surface area contributed by atoms with Gasteiger partial charge < -0.3 is 15.4 Å². The van der Waals surface area contributed by atoms with Crippen LogP contribution < -0.4 is 10.3 Å². The quantitative estimate of drug-likeness (QED) is 0.581. The zero-order valence-corrected chi connectivity index (χ0v) is 11.5. The van der Waals surface area contributed by atoms with E-state index in [2.05, 4.69) is 16.4 Å². The third kappa shape index (κ3) is 4.27. The molecule has 0 aliphatic rings. The molecule has 1 aromatic rings. The number of para-hydroxylation sites is 1. The summed E-state index contributed by atoms with van der Waals surface area (Å²) in [7, 11) is 2.22. The van der Waals surface area contributed by atoms with Crippen LogP contribution in [0.3, 0.4) is 0 Å². The molecule has 0 saturated heterocycles. The van der Waals surface area contributed by atoms with E-state index in [1.807, 2.05) is 24.3 Å². The molecule has 0 saturated carbocycles. The Morgan fingerprint density at radius 3 is 2.71 bits per heavy atom. The number of aliphatic hydroxyl groups excluding tert-OH is 1. The van der Waals surface area contributed by atoms with E-state index in [1.165, 1.54) is 0 Å². The van der Waals surface area contributed by atoms with Gasteiger partial charge in [-0.25, -0.2) is 0 Å². The molecule has 96 valence electrons. The van der Waals surface area contributed by atoms with Crippen molar-refractivity contribution in [1.82, 2.24) is 0 Å². The predicted molar refractivity (Wildman–Crippen MR) is 73.8 cm³/mol. The average molecular weight is 255 g/mol. The third-order valence-corrected chi connectivity index (χ3v) is 3.27. The van der Waals surface area contributed by atoms with E-state index in [0.29, 0.717) is 6.54 Å². The first-order chi connectivity index (χ1) is 8.20. The van der Waals surface area contributed by atoms with Gasteiger partial charge in [-0.1, -0.05) is 31.5 Å². The summed E-state index contributed by atoms with van der Waals surface area (Å²) < 4.78 is 5.18. The maximum absolute atomic E-state index is 10.3. The minimum Gasteiger partial charge on any atom is -0.480 e. The largest absolute Gasteiger partial charge is 0.480 e. The van der Waals surface area contributed by atoms with E-state index >= 15 is 0 Å². The van der Waals surface area contributed by atoms with Gasteiger partial charge in [0, 0.05) is 5.56 Å². The van der Waals surface area contributed by atoms with Crippen LogP contribution in [0.15, 0.2) is 24.3 Å². The van der Waals surface area contributed by atoms with Gasteiger partial charge in [-0.2, -0.15) is 0 Å². The Hall–Kier alpha value is -0.630. The van der Waals surface area contributed by atoms with Gasteiger partial charge in [-0.05, 0) is 31.4 Å². The topological polar surface area (TPSA) is 55.5 Å². The minimum atomic E-state index is -0.482. The molecule has 17 heavy (non-hydrogen) atoms. The van der Waals surface area contributed by atoms with Gasteiger partial charge in [0.1, 0.15) is 5.75 Å². The monoisotopic (exact) mass is 255 g/mol. The van der Waals surface area contributed by atoms with Gasteiger partial charge in [0.15, 0.2) is 0 Å². The molecule has 0 heterocycles. The van der Waals surface area contributed by atoms with Crippen molar-refractivity contribution in [2.24, 2.45) is 11.7 Å². The fourth-order valence-electron chi connectivity index (χ4n) is 1.91. The highest BCUT2D eigenvalue weighted by Gasteiger charge is 2.19. The van der Waals surface area contributed by atoms with Crippen molar-refractivity contribution < 1.29 is 9.63 Å². The summed E-state index contributed by atoms with van der Waals surface area (Å²) in [4.78, 5) is 0. The molecule has 0 fully saturated rings. The second-order valence-electron chi connectivity index (χ2n) is 4.36. The second kappa shape index (κ2) is 7.65. The van der Waals surface area contributed by atoms with E-state index in [0.717, 1.165) is 30.6 Å². The van der Waals surface area contributed by atoms with Crippen molar-refractivity contribution in [3.05, 3.63) is 29.8 Å². The van der Waals surface area contributed by atoms with Gasteiger partial charge >= 0.3 is 0 Å². The van der Waals surface area contributed by atoms with E-state index in [4.69, 9.17) is 10.3 Å². The molecule has 3 N–H and O–H groups in total. The first-order valence-corrected chi connectivity index (χ1v) is 6.51. The van der Waals surface area contributed by atoms with Gasteiger partial charge in [0.05, 0.1) is 15.6 Å². The zero-order valence-electron chi connectivity index (χ0n) is 10.3. The van der Waals surface area contributed by atoms with Crippen molar-refractivity contribution in [2.75, 3.05) is 6.54 Å². The highest BCUT2D eigenvalue weighted by atomic mass is 31.0. The highest BCUT2D eigenvalue weighted by molar-refractivity contribution is 7.10. The van der Waals surface area contributed by atoms with E-state index in [9.17, 15) is 5.11 Å². The summed E-state index contributed by atoms with van der Waals surface area (Å²) in [6.45, 7) is 2.77. The average Bonchev–Trinajstić information content (AvgIpc) is 2.38. The number of hydrogen-bond acceptors (Lipinski definition) is 3. The van der Waals surface area contributed by atoms with E-state index in [1.54, 1.807) is 0 Å². The third-order valence-electron chi connectivity index (χ3n) is 3.02. The molecule has 0 aliphatic carbocycles. The summed E-state index contributed by atoms with van der Waals surface area (Å²) in [6, 6.07) is 7.58. The van der Waals surface area contributed by atoms with Crippen LogP contribution in [0, 0.1) is 5.92 Å². The number of hydrogen-bond donors (Lipinski definition) is 2. The lowest BCUT2D eigenvalue weighted by Crippen LogP contribution is -2.10. The molecule has 0 aliphatic heterocycles. The van der Waals surface area contributed by atoms with Crippen molar-refractivity contribution in [3.8, 4) is 5.75 Å². The summed E-state index contributed by atoms with van der Waals surface area (Å²) in [6.07, 6.45) is 2.56. The highest BCUT2D eigenvalue weighted by Crippen LogP contribution is 2.32. The van der Waals surface area contributed by atoms with Gasteiger partial charge in [0.2, 0.25) is 0 Å². The number of nitrogens with two attached hydrogens (primary N) is 1. The fraction of sp³-hybridized carbons (Fsp3) is 0.538. The fourth-order valence-corrected chi connectivity index (χ4v) is 2.12. The SMILES string of the molecule is C[C@@H](CCCCN)C(O)c1ccccc1OP.